The number of aromatic nitrogens is 4. The number of benzene rings is 2. The molecule has 158 valence electrons. The number of rotatable bonds is 5. The minimum atomic E-state index is -0.318. The molecule has 1 amide bonds. The quantitative estimate of drug-likeness (QED) is 0.368. The normalized spacial score (nSPS) is 11.0. The molecule has 8 heteroatoms. The molecule has 0 saturated carbocycles. The van der Waals surface area contributed by atoms with Gasteiger partial charge in [-0.1, -0.05) is 41.9 Å². The molecule has 3 heterocycles. The maximum atomic E-state index is 12.7. The summed E-state index contributed by atoms with van der Waals surface area (Å²) in [4.78, 5) is 31.0. The number of carbonyl (C=O) groups is 1. The number of H-pyrrole nitrogens is 2. The number of hydrogen-bond acceptors (Lipinski definition) is 3. The molecule has 0 unspecified atom stereocenters. The zero-order chi connectivity index (χ0) is 22.1. The number of nitrogens with zero attached hydrogens (tertiary/aromatic N) is 2. The summed E-state index contributed by atoms with van der Waals surface area (Å²) in [5.41, 5.74) is 3.73. The first kappa shape index (κ1) is 19.8. The van der Waals surface area contributed by atoms with E-state index in [9.17, 15) is 9.59 Å². The van der Waals surface area contributed by atoms with Crippen LogP contribution in [0.15, 0.2) is 84.0 Å². The molecule has 0 bridgehead atoms. The molecule has 0 aliphatic heterocycles. The fourth-order valence-corrected chi connectivity index (χ4v) is 3.65. The number of carbonyl (C=O) groups excluding carboxylic acids is 1. The topological polar surface area (TPSA) is 95.6 Å². The summed E-state index contributed by atoms with van der Waals surface area (Å²) in [6.07, 6.45) is 4.66. The van der Waals surface area contributed by atoms with Crippen molar-refractivity contribution in [2.75, 3.05) is 5.32 Å². The van der Waals surface area contributed by atoms with E-state index in [0.29, 0.717) is 34.1 Å². The fourth-order valence-electron chi connectivity index (χ4n) is 3.52. The second-order valence-electron chi connectivity index (χ2n) is 7.41. The molecule has 5 aromatic rings. The van der Waals surface area contributed by atoms with E-state index in [1.54, 1.807) is 16.9 Å². The van der Waals surface area contributed by atoms with Crippen molar-refractivity contribution in [3.05, 3.63) is 106 Å². The van der Waals surface area contributed by atoms with Crippen molar-refractivity contribution >= 4 is 34.1 Å². The van der Waals surface area contributed by atoms with Crippen LogP contribution in [-0.2, 0) is 6.54 Å². The first-order valence-electron chi connectivity index (χ1n) is 9.94. The van der Waals surface area contributed by atoms with Gasteiger partial charge in [-0.15, -0.1) is 0 Å². The SMILES string of the molecule is O=C(Nc1c[nH]c(=O)c(-c2cc3ccccc3[nH]2)c1)c1cnn(Cc2ccc(Cl)cc2)c1. The Morgan fingerprint density at radius 1 is 1.09 bits per heavy atom. The van der Waals surface area contributed by atoms with Crippen LogP contribution in [0.3, 0.4) is 0 Å². The molecule has 7 nitrogen and oxygen atoms in total. The number of nitrogens with one attached hydrogen (secondary N) is 3. The summed E-state index contributed by atoms with van der Waals surface area (Å²) in [6, 6.07) is 18.8. The Bertz CT molecular complexity index is 1450. The highest BCUT2D eigenvalue weighted by Gasteiger charge is 2.13. The highest BCUT2D eigenvalue weighted by atomic mass is 35.5. The largest absolute Gasteiger partial charge is 0.354 e. The molecule has 0 saturated heterocycles. The lowest BCUT2D eigenvalue weighted by Crippen LogP contribution is -2.15. The van der Waals surface area contributed by atoms with Gasteiger partial charge in [0.2, 0.25) is 0 Å². The minimum absolute atomic E-state index is 0.245. The Labute approximate surface area is 187 Å². The number of para-hydroxylation sites is 1. The maximum absolute atomic E-state index is 12.7. The molecule has 0 aliphatic carbocycles. The van der Waals surface area contributed by atoms with E-state index in [4.69, 9.17) is 11.6 Å². The molecule has 0 radical (unpaired) electrons. The standard InChI is InChI=1S/C24H18ClN5O2/c25-18-7-5-15(6-8-18)13-30-14-17(11-27-30)23(31)28-19-10-20(24(32)26-12-19)22-9-16-3-1-2-4-21(16)29-22/h1-12,14,29H,13H2,(H,26,32)(H,28,31). The van der Waals surface area contributed by atoms with Crippen LogP contribution in [0.25, 0.3) is 22.2 Å². The lowest BCUT2D eigenvalue weighted by atomic mass is 10.2. The van der Waals surface area contributed by atoms with Crippen molar-refractivity contribution in [1.29, 1.82) is 0 Å². The van der Waals surface area contributed by atoms with Gasteiger partial charge in [-0.3, -0.25) is 14.3 Å². The number of amides is 1. The summed E-state index contributed by atoms with van der Waals surface area (Å²) in [6.45, 7) is 0.521. The zero-order valence-electron chi connectivity index (χ0n) is 16.8. The van der Waals surface area contributed by atoms with Crippen LogP contribution in [-0.4, -0.2) is 25.7 Å². The third kappa shape index (κ3) is 4.06. The van der Waals surface area contributed by atoms with Gasteiger partial charge in [0, 0.05) is 28.3 Å². The molecule has 32 heavy (non-hydrogen) atoms. The molecule has 0 fully saturated rings. The van der Waals surface area contributed by atoms with Crippen molar-refractivity contribution in [2.45, 2.75) is 6.54 Å². The highest BCUT2D eigenvalue weighted by molar-refractivity contribution is 6.30. The number of hydrogen-bond donors (Lipinski definition) is 3. The monoisotopic (exact) mass is 443 g/mol. The molecular weight excluding hydrogens is 426 g/mol. The first-order chi connectivity index (χ1) is 15.5. The second-order valence-corrected chi connectivity index (χ2v) is 7.85. The van der Waals surface area contributed by atoms with Crippen LogP contribution in [0.4, 0.5) is 5.69 Å². The number of anilines is 1. The lowest BCUT2D eigenvalue weighted by molar-refractivity contribution is 0.102. The van der Waals surface area contributed by atoms with Crippen LogP contribution in [0, 0.1) is 0 Å². The minimum Gasteiger partial charge on any atom is -0.354 e. The summed E-state index contributed by atoms with van der Waals surface area (Å²) in [7, 11) is 0. The van der Waals surface area contributed by atoms with Crippen molar-refractivity contribution in [3.8, 4) is 11.3 Å². The Morgan fingerprint density at radius 2 is 1.91 bits per heavy atom. The summed E-state index contributed by atoms with van der Waals surface area (Å²) in [5, 5.41) is 8.75. The predicted molar refractivity (Wildman–Crippen MR) is 125 cm³/mol. The van der Waals surface area contributed by atoms with Gasteiger partial charge in [0.15, 0.2) is 0 Å². The van der Waals surface area contributed by atoms with Gasteiger partial charge in [0.25, 0.3) is 11.5 Å². The Kier molecular flexibility index (Phi) is 5.09. The molecule has 0 aliphatic rings. The van der Waals surface area contributed by atoms with E-state index < -0.39 is 0 Å². The smallest absolute Gasteiger partial charge is 0.258 e. The number of fused-ring (bicyclic) bond motifs is 1. The van der Waals surface area contributed by atoms with Gasteiger partial charge in [-0.05, 0) is 35.9 Å². The average Bonchev–Trinajstić information content (AvgIpc) is 3.44. The number of halogens is 1. The molecular formula is C24H18ClN5O2. The number of pyridine rings is 1. The first-order valence-corrected chi connectivity index (χ1v) is 10.3. The summed E-state index contributed by atoms with van der Waals surface area (Å²) < 4.78 is 1.68. The molecule has 2 aromatic carbocycles. The number of aromatic amines is 2. The fraction of sp³-hybridized carbons (Fsp3) is 0.0417. The van der Waals surface area contributed by atoms with Gasteiger partial charge in [0.1, 0.15) is 0 Å². The van der Waals surface area contributed by atoms with Crippen LogP contribution < -0.4 is 10.9 Å². The zero-order valence-corrected chi connectivity index (χ0v) is 17.6. The van der Waals surface area contributed by atoms with Gasteiger partial charge < -0.3 is 15.3 Å². The van der Waals surface area contributed by atoms with Gasteiger partial charge in [0.05, 0.1) is 35.2 Å². The maximum Gasteiger partial charge on any atom is 0.258 e. The average molecular weight is 444 g/mol. The van der Waals surface area contributed by atoms with Crippen LogP contribution in [0.1, 0.15) is 15.9 Å². The third-order valence-corrected chi connectivity index (χ3v) is 5.39. The molecule has 0 spiro atoms. The van der Waals surface area contributed by atoms with Gasteiger partial charge >= 0.3 is 0 Å². The molecule has 3 aromatic heterocycles. The van der Waals surface area contributed by atoms with E-state index >= 15 is 0 Å². The van der Waals surface area contributed by atoms with Gasteiger partial charge in [-0.25, -0.2) is 0 Å². The third-order valence-electron chi connectivity index (χ3n) is 5.13. The lowest BCUT2D eigenvalue weighted by Gasteiger charge is -2.05. The second kappa shape index (κ2) is 8.20. The van der Waals surface area contributed by atoms with E-state index in [2.05, 4.69) is 20.4 Å². The van der Waals surface area contributed by atoms with Crippen LogP contribution in [0.5, 0.6) is 0 Å². The summed E-state index contributed by atoms with van der Waals surface area (Å²) >= 11 is 5.92. The van der Waals surface area contributed by atoms with Crippen LogP contribution in [0.2, 0.25) is 5.02 Å². The van der Waals surface area contributed by atoms with Crippen molar-refractivity contribution in [1.82, 2.24) is 19.7 Å². The van der Waals surface area contributed by atoms with E-state index in [1.807, 2.05) is 54.6 Å². The van der Waals surface area contributed by atoms with Crippen LogP contribution >= 0.6 is 11.6 Å². The molecule has 5 rings (SSSR count). The van der Waals surface area contributed by atoms with Crippen molar-refractivity contribution in [3.63, 3.8) is 0 Å². The Balaban J connectivity index is 1.34. The van der Waals surface area contributed by atoms with E-state index in [0.717, 1.165) is 16.5 Å². The Hall–Kier alpha value is -4.10. The Morgan fingerprint density at radius 3 is 2.72 bits per heavy atom. The molecule has 3 N–H and O–H groups in total. The van der Waals surface area contributed by atoms with Crippen molar-refractivity contribution in [2.24, 2.45) is 0 Å². The summed E-state index contributed by atoms with van der Waals surface area (Å²) in [5.74, 6) is -0.318. The van der Waals surface area contributed by atoms with E-state index in [-0.39, 0.29) is 11.5 Å². The molecule has 0 atom stereocenters. The predicted octanol–water partition coefficient (Wildman–Crippen LogP) is 4.67. The van der Waals surface area contributed by atoms with Gasteiger partial charge in [-0.2, -0.15) is 5.10 Å². The van der Waals surface area contributed by atoms with E-state index in [1.165, 1.54) is 12.4 Å². The van der Waals surface area contributed by atoms with Crippen molar-refractivity contribution < 1.29 is 4.79 Å². The highest BCUT2D eigenvalue weighted by Crippen LogP contribution is 2.23.